The molecular weight excluding hydrogens is 469 g/mol. The second-order valence-electron chi connectivity index (χ2n) is 7.70. The van der Waals surface area contributed by atoms with E-state index in [1.807, 2.05) is 41.1 Å². The lowest BCUT2D eigenvalue weighted by Crippen LogP contribution is -2.31. The van der Waals surface area contributed by atoms with E-state index < -0.39 is 26.6 Å². The van der Waals surface area contributed by atoms with Crippen LogP contribution < -0.4 is 10.3 Å². The van der Waals surface area contributed by atoms with Gasteiger partial charge in [-0.05, 0) is 54.6 Å². The van der Waals surface area contributed by atoms with Gasteiger partial charge in [0, 0.05) is 5.56 Å². The number of amides is 1. The van der Waals surface area contributed by atoms with Gasteiger partial charge in [0.15, 0.2) is 0 Å². The highest BCUT2D eigenvalue weighted by atomic mass is 32.2. The van der Waals surface area contributed by atoms with Crippen LogP contribution in [0.15, 0.2) is 113 Å². The summed E-state index contributed by atoms with van der Waals surface area (Å²) in [4.78, 5) is 25.7. The van der Waals surface area contributed by atoms with Gasteiger partial charge in [-0.2, -0.15) is 0 Å². The molecule has 7 nitrogen and oxygen atoms in total. The molecule has 9 heteroatoms. The second-order valence-corrected chi connectivity index (χ2v) is 9.35. The van der Waals surface area contributed by atoms with Crippen molar-refractivity contribution in [3.8, 4) is 11.4 Å². The van der Waals surface area contributed by atoms with Crippen LogP contribution in [0, 0.1) is 5.82 Å². The van der Waals surface area contributed by atoms with Crippen LogP contribution in [0.3, 0.4) is 0 Å². The Labute approximate surface area is 199 Å². The van der Waals surface area contributed by atoms with Gasteiger partial charge >= 0.3 is 0 Å². The summed E-state index contributed by atoms with van der Waals surface area (Å²) in [5.41, 5.74) is 1.42. The van der Waals surface area contributed by atoms with E-state index in [2.05, 4.69) is 0 Å². The van der Waals surface area contributed by atoms with E-state index in [1.165, 1.54) is 28.9 Å². The predicted molar refractivity (Wildman–Crippen MR) is 130 cm³/mol. The van der Waals surface area contributed by atoms with Gasteiger partial charge < -0.3 is 0 Å². The minimum atomic E-state index is -4.45. The summed E-state index contributed by atoms with van der Waals surface area (Å²) in [7, 11) is -4.45. The Balaban J connectivity index is 1.63. The largest absolute Gasteiger partial charge is 0.279 e. The Bertz CT molecular complexity index is 1730. The van der Waals surface area contributed by atoms with Crippen molar-refractivity contribution < 1.29 is 17.6 Å². The first kappa shape index (κ1) is 22.3. The maximum Gasteiger partial charge on any atom is 0.279 e. The van der Waals surface area contributed by atoms with Crippen LogP contribution in [0.4, 0.5) is 4.39 Å². The number of hydrogen-bond acceptors (Lipinski definition) is 4. The molecule has 1 amide bonds. The zero-order valence-corrected chi connectivity index (χ0v) is 18.9. The fourth-order valence-electron chi connectivity index (χ4n) is 3.87. The molecule has 4 aromatic carbocycles. The number of carbonyl (C=O) groups excluding carboxylic acids is 1. The number of carbonyl (C=O) groups is 1. The van der Waals surface area contributed by atoms with Crippen LogP contribution in [-0.2, 0) is 10.0 Å². The van der Waals surface area contributed by atoms with Gasteiger partial charge in [0.2, 0.25) is 0 Å². The molecule has 0 fully saturated rings. The maximum absolute atomic E-state index is 14.0. The molecular formula is C26H18FN3O4S. The Morgan fingerprint density at radius 1 is 0.743 bits per heavy atom. The number of nitrogens with one attached hydrogen (secondary N) is 1. The second kappa shape index (κ2) is 8.69. The highest BCUT2D eigenvalue weighted by Gasteiger charge is 2.23. The van der Waals surface area contributed by atoms with Gasteiger partial charge in [-0.25, -0.2) is 26.9 Å². The average molecular weight is 488 g/mol. The van der Waals surface area contributed by atoms with Gasteiger partial charge in [-0.1, -0.05) is 48.5 Å². The number of hydrogen-bond donors (Lipinski definition) is 1. The van der Waals surface area contributed by atoms with E-state index in [4.69, 9.17) is 0 Å². The quantitative estimate of drug-likeness (QED) is 0.405. The van der Waals surface area contributed by atoms with E-state index in [-0.39, 0.29) is 16.5 Å². The lowest BCUT2D eigenvalue weighted by molar-refractivity contribution is 0.0981. The predicted octanol–water partition coefficient (Wildman–Crippen LogP) is 4.04. The molecule has 5 rings (SSSR count). The number of aromatic nitrogens is 2. The van der Waals surface area contributed by atoms with Crippen molar-refractivity contribution in [2.75, 3.05) is 0 Å². The molecule has 35 heavy (non-hydrogen) atoms. The van der Waals surface area contributed by atoms with Gasteiger partial charge in [0.25, 0.3) is 21.5 Å². The summed E-state index contributed by atoms with van der Waals surface area (Å²) in [6.07, 6.45) is 0. The van der Waals surface area contributed by atoms with Crippen molar-refractivity contribution in [2.45, 2.75) is 4.90 Å². The molecule has 1 heterocycles. The SMILES string of the molecule is O=C(NS(=O)(=O)c1ccccc1F)c1ccc2c(c1)c(=O)n(-c1ccccc1)n2-c1ccccc1. The third-order valence-electron chi connectivity index (χ3n) is 5.46. The Morgan fingerprint density at radius 2 is 1.31 bits per heavy atom. The first-order chi connectivity index (χ1) is 16.9. The molecule has 1 N–H and O–H groups in total. The Morgan fingerprint density at radius 3 is 1.94 bits per heavy atom. The number of halogens is 1. The van der Waals surface area contributed by atoms with Crippen molar-refractivity contribution in [1.29, 1.82) is 0 Å². The van der Waals surface area contributed by atoms with E-state index in [9.17, 15) is 22.4 Å². The lowest BCUT2D eigenvalue weighted by Gasteiger charge is -2.13. The summed E-state index contributed by atoms with van der Waals surface area (Å²) in [5, 5.41) is 0.216. The smallest absolute Gasteiger partial charge is 0.268 e. The number of nitrogens with zero attached hydrogens (tertiary/aromatic N) is 2. The normalized spacial score (nSPS) is 11.5. The molecule has 0 atom stereocenters. The Kier molecular flexibility index (Phi) is 5.54. The molecule has 0 spiro atoms. The number of sulfonamides is 1. The molecule has 0 unspecified atom stereocenters. The van der Waals surface area contributed by atoms with Crippen LogP contribution in [0.2, 0.25) is 0 Å². The van der Waals surface area contributed by atoms with Crippen LogP contribution in [-0.4, -0.2) is 23.7 Å². The first-order valence-electron chi connectivity index (χ1n) is 10.6. The van der Waals surface area contributed by atoms with Gasteiger partial charge in [0.1, 0.15) is 10.7 Å². The fraction of sp³-hybridized carbons (Fsp3) is 0. The zero-order chi connectivity index (χ0) is 24.6. The summed E-state index contributed by atoms with van der Waals surface area (Å²) in [6.45, 7) is 0. The molecule has 1 aromatic heterocycles. The summed E-state index contributed by atoms with van der Waals surface area (Å²) >= 11 is 0. The number of benzene rings is 4. The average Bonchev–Trinajstić information content (AvgIpc) is 3.16. The summed E-state index contributed by atoms with van der Waals surface area (Å²) < 4.78 is 44.2. The van der Waals surface area contributed by atoms with Crippen molar-refractivity contribution in [2.24, 2.45) is 0 Å². The molecule has 0 saturated carbocycles. The van der Waals surface area contributed by atoms with E-state index in [1.54, 1.807) is 35.0 Å². The third kappa shape index (κ3) is 4.02. The van der Waals surface area contributed by atoms with Crippen LogP contribution in [0.25, 0.3) is 22.3 Å². The molecule has 0 radical (unpaired) electrons. The number of fused-ring (bicyclic) bond motifs is 1. The number of para-hydroxylation sites is 2. The van der Waals surface area contributed by atoms with Gasteiger partial charge in [-0.15, -0.1) is 0 Å². The van der Waals surface area contributed by atoms with Crippen molar-refractivity contribution >= 4 is 26.8 Å². The molecule has 0 bridgehead atoms. The molecule has 174 valence electrons. The van der Waals surface area contributed by atoms with Crippen molar-refractivity contribution in [3.05, 3.63) is 125 Å². The molecule has 0 aliphatic heterocycles. The van der Waals surface area contributed by atoms with Crippen molar-refractivity contribution in [1.82, 2.24) is 14.1 Å². The van der Waals surface area contributed by atoms with Gasteiger partial charge in [-0.3, -0.25) is 9.59 Å². The fourth-order valence-corrected chi connectivity index (χ4v) is 4.92. The minimum Gasteiger partial charge on any atom is -0.268 e. The minimum absolute atomic E-state index is 0.0556. The maximum atomic E-state index is 14.0. The van der Waals surface area contributed by atoms with Crippen LogP contribution >= 0.6 is 0 Å². The van der Waals surface area contributed by atoms with E-state index >= 15 is 0 Å². The lowest BCUT2D eigenvalue weighted by atomic mass is 10.1. The van der Waals surface area contributed by atoms with Crippen molar-refractivity contribution in [3.63, 3.8) is 0 Å². The monoisotopic (exact) mass is 487 g/mol. The molecule has 5 aromatic rings. The third-order valence-corrected chi connectivity index (χ3v) is 6.83. The summed E-state index contributed by atoms with van der Waals surface area (Å²) in [6, 6.07) is 27.3. The topological polar surface area (TPSA) is 90.2 Å². The summed E-state index contributed by atoms with van der Waals surface area (Å²) in [5.74, 6) is -1.96. The van der Waals surface area contributed by atoms with E-state index in [0.29, 0.717) is 11.2 Å². The van der Waals surface area contributed by atoms with Crippen LogP contribution in [0.1, 0.15) is 10.4 Å². The molecule has 0 saturated heterocycles. The Hall–Kier alpha value is -4.50. The molecule has 0 aliphatic rings. The highest BCUT2D eigenvalue weighted by Crippen LogP contribution is 2.22. The zero-order valence-electron chi connectivity index (χ0n) is 18.1. The first-order valence-corrected chi connectivity index (χ1v) is 12.1. The van der Waals surface area contributed by atoms with Crippen LogP contribution in [0.5, 0.6) is 0 Å². The molecule has 0 aliphatic carbocycles. The van der Waals surface area contributed by atoms with E-state index in [0.717, 1.165) is 17.8 Å². The highest BCUT2D eigenvalue weighted by molar-refractivity contribution is 7.90. The number of rotatable bonds is 5. The van der Waals surface area contributed by atoms with Gasteiger partial charge in [0.05, 0.1) is 22.3 Å². The standard InChI is InChI=1S/C26H18FN3O4S/c27-22-13-7-8-14-24(22)35(33,34)28-25(31)18-15-16-23-21(17-18)26(32)30(20-11-5-2-6-12-20)29(23)19-9-3-1-4-10-19/h1-17H,(H,28,31).